The summed E-state index contributed by atoms with van der Waals surface area (Å²) in [4.78, 5) is 57.7. The van der Waals surface area contributed by atoms with Crippen molar-refractivity contribution in [2.24, 2.45) is 0 Å². The number of thiazole rings is 1. The van der Waals surface area contributed by atoms with E-state index in [2.05, 4.69) is 31.1 Å². The summed E-state index contributed by atoms with van der Waals surface area (Å²) in [6, 6.07) is 4.23. The Bertz CT molecular complexity index is 1610. The first-order valence-electron chi connectivity index (χ1n) is 12.7. The Hall–Kier alpha value is -3.75. The molecular formula is C27H21BrF2N4O6S. The van der Waals surface area contributed by atoms with Crippen LogP contribution in [-0.4, -0.2) is 65.9 Å². The topological polar surface area (TPSA) is 118 Å². The maximum absolute atomic E-state index is 15.0. The summed E-state index contributed by atoms with van der Waals surface area (Å²) in [6.45, 7) is 2.21. The van der Waals surface area contributed by atoms with Crippen LogP contribution in [0.5, 0.6) is 5.75 Å². The number of nitrogens with zero attached hydrogens (tertiary/aromatic N) is 3. The Morgan fingerprint density at radius 1 is 1.07 bits per heavy atom. The molecule has 41 heavy (non-hydrogen) atoms. The number of hydrogen-bond acceptors (Lipinski definition) is 9. The van der Waals surface area contributed by atoms with Crippen molar-refractivity contribution in [3.63, 3.8) is 0 Å². The number of carbonyl (C=O) groups is 4. The van der Waals surface area contributed by atoms with Crippen molar-refractivity contribution in [2.45, 2.75) is 25.5 Å². The van der Waals surface area contributed by atoms with Crippen LogP contribution in [0.2, 0.25) is 0 Å². The summed E-state index contributed by atoms with van der Waals surface area (Å²) in [7, 11) is 0. The minimum Gasteiger partial charge on any atom is -0.485 e. The highest BCUT2D eigenvalue weighted by Crippen LogP contribution is 2.39. The van der Waals surface area contributed by atoms with E-state index in [1.807, 2.05) is 0 Å². The maximum Gasteiger partial charge on any atom is 0.263 e. The zero-order chi connectivity index (χ0) is 28.8. The molecule has 4 heterocycles. The zero-order valence-electron chi connectivity index (χ0n) is 21.2. The second kappa shape index (κ2) is 10.9. The van der Waals surface area contributed by atoms with Crippen molar-refractivity contribution in [1.82, 2.24) is 15.2 Å². The van der Waals surface area contributed by atoms with Gasteiger partial charge in [0.2, 0.25) is 17.6 Å². The summed E-state index contributed by atoms with van der Waals surface area (Å²) < 4.78 is 40.7. The number of ether oxygens (including phenoxy) is 2. The number of aromatic nitrogens is 1. The van der Waals surface area contributed by atoms with Crippen molar-refractivity contribution in [3.05, 3.63) is 62.4 Å². The molecule has 1 aromatic heterocycles. The largest absolute Gasteiger partial charge is 0.485 e. The Morgan fingerprint density at radius 2 is 1.83 bits per heavy atom. The highest BCUT2D eigenvalue weighted by atomic mass is 79.9. The van der Waals surface area contributed by atoms with E-state index >= 15 is 4.39 Å². The number of amides is 4. The molecule has 1 N–H and O–H groups in total. The number of carbonyl (C=O) groups excluding carboxylic acids is 4. The van der Waals surface area contributed by atoms with Crippen LogP contribution >= 0.6 is 27.3 Å². The van der Waals surface area contributed by atoms with Gasteiger partial charge in [-0.15, -0.1) is 11.3 Å². The molecule has 0 saturated carbocycles. The molecule has 0 bridgehead atoms. The van der Waals surface area contributed by atoms with Gasteiger partial charge in [0, 0.05) is 40.5 Å². The monoisotopic (exact) mass is 646 g/mol. The SMILES string of the molecule is O=C1CCC(N2C(=O)c3ccc(COc4c(-c5csc(N6CCOCC6)n5)ccc(F)c4F)c(Br)c3C2=O)C(=O)N1. The number of fused-ring (bicyclic) bond motifs is 1. The summed E-state index contributed by atoms with van der Waals surface area (Å²) in [5, 5.41) is 4.62. The van der Waals surface area contributed by atoms with Crippen LogP contribution in [-0.2, 0) is 20.9 Å². The maximum atomic E-state index is 15.0. The lowest BCUT2D eigenvalue weighted by atomic mass is 10.0. The van der Waals surface area contributed by atoms with Crippen molar-refractivity contribution >= 4 is 56.0 Å². The minimum absolute atomic E-state index is 0.00146. The molecule has 3 aromatic rings. The Morgan fingerprint density at radius 3 is 2.59 bits per heavy atom. The van der Waals surface area contributed by atoms with Gasteiger partial charge in [0.15, 0.2) is 16.7 Å². The summed E-state index contributed by atoms with van der Waals surface area (Å²) >= 11 is 4.74. The lowest BCUT2D eigenvalue weighted by Crippen LogP contribution is -2.54. The van der Waals surface area contributed by atoms with Gasteiger partial charge in [-0.05, 0) is 40.5 Å². The molecule has 0 spiro atoms. The van der Waals surface area contributed by atoms with Crippen molar-refractivity contribution in [2.75, 3.05) is 31.2 Å². The lowest BCUT2D eigenvalue weighted by Gasteiger charge is -2.27. The van der Waals surface area contributed by atoms with Gasteiger partial charge in [0.1, 0.15) is 12.6 Å². The van der Waals surface area contributed by atoms with Crippen LogP contribution in [0.15, 0.2) is 34.1 Å². The Kier molecular flexibility index (Phi) is 7.30. The molecule has 2 saturated heterocycles. The quantitative estimate of drug-likeness (QED) is 0.403. The second-order valence-electron chi connectivity index (χ2n) is 9.55. The summed E-state index contributed by atoms with van der Waals surface area (Å²) in [5.74, 6) is -5.18. The number of piperidine rings is 1. The third-order valence-corrected chi connectivity index (χ3v) is 8.90. The third-order valence-electron chi connectivity index (χ3n) is 7.10. The molecule has 10 nitrogen and oxygen atoms in total. The minimum atomic E-state index is -1.18. The van der Waals surface area contributed by atoms with Gasteiger partial charge in [-0.3, -0.25) is 29.4 Å². The van der Waals surface area contributed by atoms with Gasteiger partial charge < -0.3 is 14.4 Å². The van der Waals surface area contributed by atoms with E-state index in [-0.39, 0.29) is 46.4 Å². The summed E-state index contributed by atoms with van der Waals surface area (Å²) in [5.41, 5.74) is 1.16. The molecule has 2 aromatic carbocycles. The number of nitrogens with one attached hydrogen (secondary N) is 1. The predicted octanol–water partition coefficient (Wildman–Crippen LogP) is 3.67. The fourth-order valence-corrected chi connectivity index (χ4v) is 6.49. The first kappa shape index (κ1) is 27.4. The molecule has 14 heteroatoms. The van der Waals surface area contributed by atoms with Gasteiger partial charge in [0.05, 0.1) is 30.0 Å². The van der Waals surface area contributed by atoms with Gasteiger partial charge in [-0.25, -0.2) is 9.37 Å². The lowest BCUT2D eigenvalue weighted by molar-refractivity contribution is -0.136. The molecule has 212 valence electrons. The van der Waals surface area contributed by atoms with Crippen LogP contribution in [0.4, 0.5) is 13.9 Å². The number of imide groups is 2. The fourth-order valence-electron chi connectivity index (χ4n) is 4.98. The van der Waals surface area contributed by atoms with E-state index in [1.54, 1.807) is 5.38 Å². The van der Waals surface area contributed by atoms with Crippen LogP contribution in [0, 0.1) is 11.6 Å². The second-order valence-corrected chi connectivity index (χ2v) is 11.2. The van der Waals surface area contributed by atoms with Crippen molar-refractivity contribution in [3.8, 4) is 17.0 Å². The zero-order valence-corrected chi connectivity index (χ0v) is 23.6. The highest BCUT2D eigenvalue weighted by Gasteiger charge is 2.45. The van der Waals surface area contributed by atoms with E-state index < -0.39 is 41.3 Å². The number of benzene rings is 2. The number of morpholine rings is 1. The van der Waals surface area contributed by atoms with Crippen LogP contribution < -0.4 is 15.0 Å². The van der Waals surface area contributed by atoms with Gasteiger partial charge >= 0.3 is 0 Å². The average Bonchev–Trinajstić information content (AvgIpc) is 3.55. The van der Waals surface area contributed by atoms with Gasteiger partial charge in [0.25, 0.3) is 11.8 Å². The van der Waals surface area contributed by atoms with E-state index in [1.165, 1.54) is 29.5 Å². The molecule has 2 fully saturated rings. The van der Waals surface area contributed by atoms with E-state index in [9.17, 15) is 23.6 Å². The smallest absolute Gasteiger partial charge is 0.263 e. The first-order valence-corrected chi connectivity index (χ1v) is 14.3. The van der Waals surface area contributed by atoms with Crippen molar-refractivity contribution < 1.29 is 37.4 Å². The molecule has 1 atom stereocenters. The molecule has 4 amide bonds. The van der Waals surface area contributed by atoms with E-state index in [4.69, 9.17) is 9.47 Å². The molecule has 6 rings (SSSR count). The molecular weight excluding hydrogens is 626 g/mol. The van der Waals surface area contributed by atoms with Crippen molar-refractivity contribution in [1.29, 1.82) is 0 Å². The number of hydrogen-bond donors (Lipinski definition) is 1. The van der Waals surface area contributed by atoms with Gasteiger partial charge in [-0.1, -0.05) is 6.07 Å². The highest BCUT2D eigenvalue weighted by molar-refractivity contribution is 9.10. The molecule has 1 unspecified atom stereocenters. The first-order chi connectivity index (χ1) is 19.7. The molecule has 3 aliphatic heterocycles. The van der Waals surface area contributed by atoms with E-state index in [0.29, 0.717) is 37.6 Å². The van der Waals surface area contributed by atoms with Crippen LogP contribution in [0.1, 0.15) is 39.1 Å². The molecule has 0 aliphatic carbocycles. The standard InChI is InChI=1S/C27H21BrF2N4O6S/c28-21-13(1-2-15-20(21)26(38)34(25(15)37)18-5-6-19(35)32-24(18)36)11-40-23-14(3-4-16(29)22(23)30)17-12-41-27(31-17)33-7-9-39-10-8-33/h1-4,12,18H,5-11H2,(H,32,35,36). The average molecular weight is 647 g/mol. The Labute approximate surface area is 244 Å². The molecule has 0 radical (unpaired) electrons. The summed E-state index contributed by atoms with van der Waals surface area (Å²) in [6.07, 6.45) is 0.0216. The number of rotatable bonds is 6. The Balaban J connectivity index is 1.26. The fraction of sp³-hybridized carbons (Fsp3) is 0.296. The van der Waals surface area contributed by atoms with E-state index in [0.717, 1.165) is 16.1 Å². The number of anilines is 1. The van der Waals surface area contributed by atoms with Gasteiger partial charge in [-0.2, -0.15) is 4.39 Å². The third kappa shape index (κ3) is 4.89. The predicted molar refractivity (Wildman–Crippen MR) is 146 cm³/mol. The number of halogens is 3. The van der Waals surface area contributed by atoms with Crippen LogP contribution in [0.25, 0.3) is 11.3 Å². The van der Waals surface area contributed by atoms with Crippen LogP contribution in [0.3, 0.4) is 0 Å². The normalized spacial score (nSPS) is 19.0. The molecule has 3 aliphatic rings.